The highest BCUT2D eigenvalue weighted by Crippen LogP contribution is 2.39. The van der Waals surface area contributed by atoms with E-state index in [1.54, 1.807) is 0 Å². The molecule has 0 heterocycles. The van der Waals surface area contributed by atoms with Crippen LogP contribution in [0.2, 0.25) is 0 Å². The number of halogens is 1. The van der Waals surface area contributed by atoms with Crippen molar-refractivity contribution in [3.8, 4) is 0 Å². The Hall–Kier alpha value is -0.300. The van der Waals surface area contributed by atoms with Gasteiger partial charge in [-0.2, -0.15) is 0 Å². The maximum atomic E-state index is 3.64. The summed E-state index contributed by atoms with van der Waals surface area (Å²) >= 11 is 3.64. The van der Waals surface area contributed by atoms with Crippen molar-refractivity contribution in [2.24, 2.45) is 5.92 Å². The van der Waals surface area contributed by atoms with E-state index in [2.05, 4.69) is 47.1 Å². The molecule has 1 fully saturated rings. The van der Waals surface area contributed by atoms with E-state index < -0.39 is 0 Å². The molecule has 0 N–H and O–H groups in total. The molecule has 0 bridgehead atoms. The molecule has 0 aliphatic heterocycles. The van der Waals surface area contributed by atoms with Crippen LogP contribution in [0.4, 0.5) is 0 Å². The van der Waals surface area contributed by atoms with E-state index >= 15 is 0 Å². The van der Waals surface area contributed by atoms with Crippen LogP contribution in [0.15, 0.2) is 28.7 Å². The lowest BCUT2D eigenvalue weighted by atomic mass is 9.86. The molecule has 0 radical (unpaired) electrons. The maximum Gasteiger partial charge on any atom is 0.0210 e. The molecule has 0 aromatic heterocycles. The van der Waals surface area contributed by atoms with Gasteiger partial charge >= 0.3 is 0 Å². The highest BCUT2D eigenvalue weighted by Gasteiger charge is 2.23. The molecule has 1 atom stereocenters. The van der Waals surface area contributed by atoms with Crippen molar-refractivity contribution in [1.29, 1.82) is 0 Å². The van der Waals surface area contributed by atoms with Crippen molar-refractivity contribution in [2.45, 2.75) is 38.5 Å². The summed E-state index contributed by atoms with van der Waals surface area (Å²) in [5, 5.41) is 0. The number of hydrogen-bond donors (Lipinski definition) is 0. The molecule has 0 spiro atoms. The van der Waals surface area contributed by atoms with Gasteiger partial charge in [0.15, 0.2) is 0 Å². The van der Waals surface area contributed by atoms with Crippen molar-refractivity contribution in [1.82, 2.24) is 0 Å². The van der Waals surface area contributed by atoms with Gasteiger partial charge in [0.2, 0.25) is 0 Å². The molecule has 14 heavy (non-hydrogen) atoms. The molecule has 76 valence electrons. The van der Waals surface area contributed by atoms with Crippen LogP contribution in [0.25, 0.3) is 0 Å². The first-order chi connectivity index (χ1) is 6.79. The zero-order valence-corrected chi connectivity index (χ0v) is 10.3. The highest BCUT2D eigenvalue weighted by molar-refractivity contribution is 9.10. The normalized spacial score (nSPS) is 19.9. The van der Waals surface area contributed by atoms with Crippen LogP contribution in [0.3, 0.4) is 0 Å². The SMILES string of the molecule is CC(c1ccccc1Br)C1CCCC1. The van der Waals surface area contributed by atoms with Crippen LogP contribution < -0.4 is 0 Å². The van der Waals surface area contributed by atoms with E-state index in [9.17, 15) is 0 Å². The topological polar surface area (TPSA) is 0 Å². The van der Waals surface area contributed by atoms with Gasteiger partial charge in [0.25, 0.3) is 0 Å². The molecule has 1 heteroatoms. The smallest absolute Gasteiger partial charge is 0.0210 e. The minimum absolute atomic E-state index is 0.716. The van der Waals surface area contributed by atoms with E-state index in [4.69, 9.17) is 0 Å². The first kappa shape index (κ1) is 10.2. The van der Waals surface area contributed by atoms with Gasteiger partial charge in [0.05, 0.1) is 0 Å². The lowest BCUT2D eigenvalue weighted by Crippen LogP contribution is -2.06. The predicted octanol–water partition coefficient (Wildman–Crippen LogP) is 4.74. The average molecular weight is 253 g/mol. The van der Waals surface area contributed by atoms with Gasteiger partial charge in [-0.05, 0) is 36.3 Å². The Labute approximate surface area is 94.8 Å². The van der Waals surface area contributed by atoms with Crippen molar-refractivity contribution in [2.75, 3.05) is 0 Å². The third-order valence-electron chi connectivity index (χ3n) is 3.50. The molecular weight excluding hydrogens is 236 g/mol. The van der Waals surface area contributed by atoms with Gasteiger partial charge < -0.3 is 0 Å². The van der Waals surface area contributed by atoms with E-state index in [0.29, 0.717) is 5.92 Å². The monoisotopic (exact) mass is 252 g/mol. The molecule has 0 amide bonds. The second-order valence-electron chi connectivity index (χ2n) is 4.35. The molecule has 0 saturated heterocycles. The molecule has 1 aromatic carbocycles. The van der Waals surface area contributed by atoms with Gasteiger partial charge in [-0.25, -0.2) is 0 Å². The first-order valence-corrected chi connectivity index (χ1v) is 6.33. The maximum absolute atomic E-state index is 3.64. The van der Waals surface area contributed by atoms with E-state index in [0.717, 1.165) is 5.92 Å². The highest BCUT2D eigenvalue weighted by atomic mass is 79.9. The fraction of sp³-hybridized carbons (Fsp3) is 0.538. The standard InChI is InChI=1S/C13H17Br/c1-10(11-6-2-3-7-11)12-8-4-5-9-13(12)14/h4-5,8-11H,2-3,6-7H2,1H3. The molecule has 1 unspecified atom stereocenters. The number of hydrogen-bond acceptors (Lipinski definition) is 0. The van der Waals surface area contributed by atoms with Gasteiger partial charge in [0.1, 0.15) is 0 Å². The third-order valence-corrected chi connectivity index (χ3v) is 4.22. The second kappa shape index (κ2) is 4.48. The van der Waals surface area contributed by atoms with E-state index in [1.807, 2.05) is 0 Å². The van der Waals surface area contributed by atoms with E-state index in [-0.39, 0.29) is 0 Å². The summed E-state index contributed by atoms with van der Waals surface area (Å²) in [5.74, 6) is 1.63. The number of rotatable bonds is 2. The predicted molar refractivity (Wildman–Crippen MR) is 64.5 cm³/mol. The lowest BCUT2D eigenvalue weighted by molar-refractivity contribution is 0.460. The lowest BCUT2D eigenvalue weighted by Gasteiger charge is -2.20. The summed E-state index contributed by atoms with van der Waals surface area (Å²) in [5.41, 5.74) is 1.49. The number of benzene rings is 1. The molecule has 1 saturated carbocycles. The summed E-state index contributed by atoms with van der Waals surface area (Å²) in [6.07, 6.45) is 5.70. The quantitative estimate of drug-likeness (QED) is 0.713. The Morgan fingerprint density at radius 3 is 2.50 bits per heavy atom. The van der Waals surface area contributed by atoms with Crippen LogP contribution in [-0.2, 0) is 0 Å². The summed E-state index contributed by atoms with van der Waals surface area (Å²) in [6.45, 7) is 2.37. The minimum Gasteiger partial charge on any atom is -0.0619 e. The van der Waals surface area contributed by atoms with Gasteiger partial charge in [-0.15, -0.1) is 0 Å². The molecule has 1 aliphatic rings. The molecule has 2 rings (SSSR count). The Morgan fingerprint density at radius 2 is 1.86 bits per heavy atom. The summed E-state index contributed by atoms with van der Waals surface area (Å²) in [7, 11) is 0. The van der Waals surface area contributed by atoms with Crippen LogP contribution in [0, 0.1) is 5.92 Å². The summed E-state index contributed by atoms with van der Waals surface area (Å²) < 4.78 is 1.28. The first-order valence-electron chi connectivity index (χ1n) is 5.53. The Balaban J connectivity index is 2.17. The molecular formula is C13H17Br. The molecule has 1 aromatic rings. The van der Waals surface area contributed by atoms with Crippen LogP contribution in [-0.4, -0.2) is 0 Å². The third kappa shape index (κ3) is 2.03. The average Bonchev–Trinajstić information content (AvgIpc) is 2.70. The minimum atomic E-state index is 0.716. The Kier molecular flexibility index (Phi) is 3.27. The molecule has 0 nitrogen and oxygen atoms in total. The second-order valence-corrected chi connectivity index (χ2v) is 5.21. The van der Waals surface area contributed by atoms with Gasteiger partial charge in [-0.3, -0.25) is 0 Å². The zero-order valence-electron chi connectivity index (χ0n) is 8.67. The van der Waals surface area contributed by atoms with Crippen LogP contribution in [0.5, 0.6) is 0 Å². The molecule has 1 aliphatic carbocycles. The van der Waals surface area contributed by atoms with E-state index in [1.165, 1.54) is 35.7 Å². The zero-order chi connectivity index (χ0) is 9.97. The van der Waals surface area contributed by atoms with Crippen molar-refractivity contribution < 1.29 is 0 Å². The Bertz CT molecular complexity index is 300. The fourth-order valence-corrected chi connectivity index (χ4v) is 3.20. The van der Waals surface area contributed by atoms with Crippen LogP contribution in [0.1, 0.15) is 44.1 Å². The van der Waals surface area contributed by atoms with Crippen molar-refractivity contribution in [3.63, 3.8) is 0 Å². The largest absolute Gasteiger partial charge is 0.0619 e. The van der Waals surface area contributed by atoms with Gasteiger partial charge in [-0.1, -0.05) is 53.9 Å². The van der Waals surface area contributed by atoms with Crippen molar-refractivity contribution >= 4 is 15.9 Å². The van der Waals surface area contributed by atoms with Crippen LogP contribution >= 0.6 is 15.9 Å². The van der Waals surface area contributed by atoms with Crippen molar-refractivity contribution in [3.05, 3.63) is 34.3 Å². The summed E-state index contributed by atoms with van der Waals surface area (Å²) in [6, 6.07) is 8.65. The fourth-order valence-electron chi connectivity index (χ4n) is 2.56. The summed E-state index contributed by atoms with van der Waals surface area (Å²) in [4.78, 5) is 0. The van der Waals surface area contributed by atoms with Gasteiger partial charge in [0, 0.05) is 4.47 Å². The Morgan fingerprint density at radius 1 is 1.21 bits per heavy atom.